The number of hydrogen-bond acceptors (Lipinski definition) is 3. The number of benzene rings is 10. The van der Waals surface area contributed by atoms with Crippen molar-refractivity contribution in [1.29, 1.82) is 0 Å². The van der Waals surface area contributed by atoms with Crippen LogP contribution in [-0.4, -0.2) is 0 Å². The molecule has 0 aromatic heterocycles. The topological polar surface area (TPSA) is 27.7 Å². The van der Waals surface area contributed by atoms with Gasteiger partial charge in [-0.1, -0.05) is 217 Å². The second kappa shape index (κ2) is 29.1. The molecule has 0 atom stereocenters. The van der Waals surface area contributed by atoms with E-state index in [4.69, 9.17) is 14.2 Å². The first-order valence-corrected chi connectivity index (χ1v) is 24.9. The maximum Gasteiger partial charge on any atom is 0.127 e. The van der Waals surface area contributed by atoms with Crippen LogP contribution in [0.1, 0.15) is 63.9 Å². The summed E-state index contributed by atoms with van der Waals surface area (Å²) in [4.78, 5) is 0. The Morgan fingerprint density at radius 3 is 0.611 bits per heavy atom. The average molecular weight is 949 g/mol. The molecule has 0 aliphatic rings. The Hall–Kier alpha value is -8.14. The van der Waals surface area contributed by atoms with E-state index >= 15 is 0 Å². The predicted octanol–water partition coefficient (Wildman–Crippen LogP) is 20.4. The lowest BCUT2D eigenvalue weighted by molar-refractivity contribution is 0.469. The van der Waals surface area contributed by atoms with Crippen LogP contribution in [0.3, 0.4) is 0 Å². The molecule has 0 saturated carbocycles. The first-order valence-electron chi connectivity index (χ1n) is 24.9. The van der Waals surface area contributed by atoms with Crippen LogP contribution in [-0.2, 0) is 0 Å². The molecule has 0 spiro atoms. The Kier molecular flexibility index (Phi) is 22.2. The van der Waals surface area contributed by atoms with E-state index in [-0.39, 0.29) is 0 Å². The summed E-state index contributed by atoms with van der Waals surface area (Å²) in [7, 11) is 0. The second-order valence-electron chi connectivity index (χ2n) is 17.7. The molecule has 0 bridgehead atoms. The molecule has 0 aliphatic heterocycles. The van der Waals surface area contributed by atoms with Crippen LogP contribution < -0.4 is 14.2 Å². The minimum atomic E-state index is 0.792. The third-order valence-corrected chi connectivity index (χ3v) is 11.4. The molecule has 10 aromatic rings. The van der Waals surface area contributed by atoms with Crippen molar-refractivity contribution in [2.45, 2.75) is 76.2 Å². The van der Waals surface area contributed by atoms with Crippen LogP contribution in [0.5, 0.6) is 34.5 Å². The fraction of sp³-hybridized carbons (Fsp3) is 0.159. The van der Waals surface area contributed by atoms with E-state index in [9.17, 15) is 0 Å². The molecule has 3 nitrogen and oxygen atoms in total. The number of rotatable bonds is 7. The molecule has 3 heteroatoms. The zero-order valence-electron chi connectivity index (χ0n) is 44.2. The van der Waals surface area contributed by atoms with Gasteiger partial charge in [-0.25, -0.2) is 0 Å². The Morgan fingerprint density at radius 1 is 0.194 bits per heavy atom. The van der Waals surface area contributed by atoms with Crippen molar-refractivity contribution < 1.29 is 14.2 Å². The van der Waals surface area contributed by atoms with E-state index in [0.29, 0.717) is 0 Å². The molecule has 0 fully saturated rings. The van der Waals surface area contributed by atoms with Gasteiger partial charge in [0.1, 0.15) is 34.5 Å². The van der Waals surface area contributed by atoms with Gasteiger partial charge in [-0.3, -0.25) is 0 Å². The minimum absolute atomic E-state index is 0.792. The highest BCUT2D eigenvalue weighted by Crippen LogP contribution is 2.28. The van der Waals surface area contributed by atoms with E-state index in [1.165, 1.54) is 72.0 Å². The molecular weight excluding hydrogens is 877 g/mol. The lowest BCUT2D eigenvalue weighted by atomic mass is 10.0. The van der Waals surface area contributed by atoms with Crippen molar-refractivity contribution in [3.05, 3.63) is 287 Å². The largest absolute Gasteiger partial charge is 0.457 e. The zero-order valence-corrected chi connectivity index (χ0v) is 44.2. The maximum absolute atomic E-state index is 5.80. The summed E-state index contributed by atoms with van der Waals surface area (Å²) < 4.78 is 17.3. The molecular formula is C69H72O3. The van der Waals surface area contributed by atoms with Gasteiger partial charge in [-0.15, -0.1) is 0 Å². The average Bonchev–Trinajstić information content (AvgIpc) is 3.41. The summed E-state index contributed by atoms with van der Waals surface area (Å²) in [5, 5.41) is 2.75. The SMILES string of the molecule is CC.Cc1ccc(-c2ccc(C)cc2)cc1.Cc1ccc(C)c2ccccc12.Cc1ccc(Oc2ccc(C)cc2)cc1.Cc1ccc(Oc2ccc(Oc3ccc(C)cc3)cc2)cc1.Cc1ccccc1. The van der Waals surface area contributed by atoms with Crippen molar-refractivity contribution >= 4 is 10.8 Å². The molecule has 0 N–H and O–H groups in total. The van der Waals surface area contributed by atoms with E-state index in [0.717, 1.165) is 34.5 Å². The molecule has 0 saturated heterocycles. The van der Waals surface area contributed by atoms with Crippen LogP contribution in [0, 0.1) is 62.3 Å². The summed E-state index contributed by atoms with van der Waals surface area (Å²) in [5.74, 6) is 5.00. The molecule has 0 heterocycles. The smallest absolute Gasteiger partial charge is 0.127 e. The Morgan fingerprint density at radius 2 is 0.389 bits per heavy atom. The van der Waals surface area contributed by atoms with Crippen molar-refractivity contribution in [2.75, 3.05) is 0 Å². The lowest BCUT2D eigenvalue weighted by Gasteiger charge is -2.08. The molecule has 72 heavy (non-hydrogen) atoms. The van der Waals surface area contributed by atoms with Crippen LogP contribution >= 0.6 is 0 Å². The highest BCUT2D eigenvalue weighted by atomic mass is 16.5. The third-order valence-electron chi connectivity index (χ3n) is 11.4. The van der Waals surface area contributed by atoms with E-state index in [1.807, 2.05) is 153 Å². The minimum Gasteiger partial charge on any atom is -0.457 e. The summed E-state index contributed by atoms with van der Waals surface area (Å²) in [5.41, 5.74) is 14.1. The summed E-state index contributed by atoms with van der Waals surface area (Å²) >= 11 is 0. The standard InChI is InChI=1S/C20H18O2.C14H14O.C14H14.C12H12.C7H8.C2H6/c1-15-3-7-17(8-4-15)21-19-11-13-20(14-12-19)22-18-9-5-16(2)6-10-18;1-11-3-7-13(8-4-11)15-14-9-5-12(2)6-10-14;1-11-3-7-13(8-4-11)14-9-5-12(2)6-10-14;1-9-7-8-10(2)12-6-4-3-5-11(9)12;1-7-5-3-2-4-6-7;1-2/h3-14H,1-2H3;3-10H,1-2H3;3-10H,1-2H3;3-8H,1-2H3;2-6H,1H3;1-2H3. The molecule has 10 rings (SSSR count). The van der Waals surface area contributed by atoms with Crippen molar-refractivity contribution in [3.63, 3.8) is 0 Å². The van der Waals surface area contributed by atoms with Gasteiger partial charge < -0.3 is 14.2 Å². The monoisotopic (exact) mass is 949 g/mol. The van der Waals surface area contributed by atoms with Crippen molar-refractivity contribution in [1.82, 2.24) is 0 Å². The molecule has 366 valence electrons. The number of aryl methyl sites for hydroxylation is 9. The maximum atomic E-state index is 5.80. The van der Waals surface area contributed by atoms with Crippen molar-refractivity contribution in [3.8, 4) is 45.6 Å². The fourth-order valence-electron chi connectivity index (χ4n) is 7.04. The number of hydrogen-bond donors (Lipinski definition) is 0. The lowest BCUT2D eigenvalue weighted by Crippen LogP contribution is -1.86. The van der Waals surface area contributed by atoms with Crippen LogP contribution in [0.2, 0.25) is 0 Å². The Bertz CT molecular complexity index is 2870. The highest BCUT2D eigenvalue weighted by Gasteiger charge is 2.02. The molecule has 0 aliphatic carbocycles. The molecule has 0 unspecified atom stereocenters. The third kappa shape index (κ3) is 19.0. The van der Waals surface area contributed by atoms with Gasteiger partial charge in [-0.05, 0) is 168 Å². The summed E-state index contributed by atoms with van der Waals surface area (Å²) in [6, 6.07) is 80.1. The van der Waals surface area contributed by atoms with E-state index in [2.05, 4.69) is 159 Å². The van der Waals surface area contributed by atoms with Crippen LogP contribution in [0.25, 0.3) is 21.9 Å². The second-order valence-corrected chi connectivity index (χ2v) is 17.7. The Balaban J connectivity index is 0.000000172. The summed E-state index contributed by atoms with van der Waals surface area (Å²) in [6.45, 7) is 22.9. The molecule has 10 aromatic carbocycles. The van der Waals surface area contributed by atoms with E-state index in [1.54, 1.807) is 0 Å². The van der Waals surface area contributed by atoms with Gasteiger partial charge in [0.15, 0.2) is 0 Å². The van der Waals surface area contributed by atoms with E-state index < -0.39 is 0 Å². The molecule has 0 amide bonds. The predicted molar refractivity (Wildman–Crippen MR) is 309 cm³/mol. The van der Waals surface area contributed by atoms with Gasteiger partial charge in [0.05, 0.1) is 0 Å². The van der Waals surface area contributed by atoms with Gasteiger partial charge in [0.25, 0.3) is 0 Å². The first-order chi connectivity index (χ1) is 34.9. The first kappa shape index (κ1) is 54.8. The summed E-state index contributed by atoms with van der Waals surface area (Å²) in [6.07, 6.45) is 0. The van der Waals surface area contributed by atoms with Gasteiger partial charge in [0.2, 0.25) is 0 Å². The van der Waals surface area contributed by atoms with Crippen molar-refractivity contribution in [2.24, 2.45) is 0 Å². The van der Waals surface area contributed by atoms with Gasteiger partial charge in [0, 0.05) is 0 Å². The molecule has 0 radical (unpaired) electrons. The van der Waals surface area contributed by atoms with Crippen LogP contribution in [0.15, 0.2) is 237 Å². The zero-order chi connectivity index (χ0) is 51.7. The van der Waals surface area contributed by atoms with Gasteiger partial charge >= 0.3 is 0 Å². The van der Waals surface area contributed by atoms with Gasteiger partial charge in [-0.2, -0.15) is 0 Å². The highest BCUT2D eigenvalue weighted by molar-refractivity contribution is 5.88. The normalized spacial score (nSPS) is 9.88. The number of ether oxygens (including phenoxy) is 3. The Labute approximate surface area is 431 Å². The van der Waals surface area contributed by atoms with Crippen LogP contribution in [0.4, 0.5) is 0 Å². The number of fused-ring (bicyclic) bond motifs is 1. The fourth-order valence-corrected chi connectivity index (χ4v) is 7.04. The quantitative estimate of drug-likeness (QED) is 0.159.